The van der Waals surface area contributed by atoms with E-state index in [0.29, 0.717) is 17.7 Å². The Balaban J connectivity index is 2.05. The van der Waals surface area contributed by atoms with Gasteiger partial charge in [-0.05, 0) is 56.2 Å². The lowest BCUT2D eigenvalue weighted by Crippen LogP contribution is -2.18. The Morgan fingerprint density at radius 3 is 2.36 bits per heavy atom. The van der Waals surface area contributed by atoms with Crippen molar-refractivity contribution in [1.29, 1.82) is 0 Å². The third kappa shape index (κ3) is 5.27. The highest BCUT2D eigenvalue weighted by atomic mass is 19.4. The number of carbonyl (C=O) groups is 2. The lowest BCUT2D eigenvalue weighted by Gasteiger charge is -2.11. The van der Waals surface area contributed by atoms with Crippen molar-refractivity contribution in [2.75, 3.05) is 0 Å². The number of aromatic nitrogens is 1. The quantitative estimate of drug-likeness (QED) is 0.395. The Morgan fingerprint density at radius 1 is 1.15 bits per heavy atom. The van der Waals surface area contributed by atoms with Crippen LogP contribution in [-0.2, 0) is 16.0 Å². The third-order valence-corrected chi connectivity index (χ3v) is 5.17. The predicted molar refractivity (Wildman–Crippen MR) is 111 cm³/mol. The molecule has 0 unspecified atom stereocenters. The molecule has 1 aromatic heterocycles. The highest BCUT2D eigenvalue weighted by Crippen LogP contribution is 2.32. The van der Waals surface area contributed by atoms with Crippen molar-refractivity contribution in [2.24, 2.45) is 0 Å². The summed E-state index contributed by atoms with van der Waals surface area (Å²) >= 11 is 0. The first-order valence-corrected chi connectivity index (χ1v) is 10.0. The Morgan fingerprint density at radius 2 is 1.79 bits per heavy atom. The first-order valence-electron chi connectivity index (χ1n) is 10.0. The zero-order valence-corrected chi connectivity index (χ0v) is 18.0. The largest absolute Gasteiger partial charge is 0.573 e. The Kier molecular flexibility index (Phi) is 6.66. The summed E-state index contributed by atoms with van der Waals surface area (Å²) in [5.74, 6) is -3.36. The van der Waals surface area contributed by atoms with Gasteiger partial charge in [0.25, 0.3) is 5.91 Å². The maximum Gasteiger partial charge on any atom is 0.573 e. The van der Waals surface area contributed by atoms with Gasteiger partial charge in [0.1, 0.15) is 5.75 Å². The summed E-state index contributed by atoms with van der Waals surface area (Å²) in [5, 5.41) is 10.1. The number of hydrogen-bond donors (Lipinski definition) is 1. The number of aromatic hydroxyl groups is 1. The molecule has 0 radical (unpaired) electrons. The molecule has 176 valence electrons. The minimum Gasteiger partial charge on any atom is -0.505 e. The van der Waals surface area contributed by atoms with Crippen LogP contribution in [0.25, 0.3) is 10.9 Å². The SMILES string of the molecule is CC[C@@H](C)OC(=O)Cc1c(C)n(C(=O)c2ccc(OC(F)(F)F)cc2)c2cc(F)c(O)cc12. The van der Waals surface area contributed by atoms with Crippen molar-refractivity contribution in [3.63, 3.8) is 0 Å². The van der Waals surface area contributed by atoms with E-state index in [1.165, 1.54) is 0 Å². The average molecular weight is 467 g/mol. The van der Waals surface area contributed by atoms with E-state index in [2.05, 4.69) is 4.74 Å². The van der Waals surface area contributed by atoms with Gasteiger partial charge >= 0.3 is 12.3 Å². The summed E-state index contributed by atoms with van der Waals surface area (Å²) in [6.07, 6.45) is -4.82. The highest BCUT2D eigenvalue weighted by molar-refractivity contribution is 6.05. The molecule has 0 saturated heterocycles. The molecule has 1 N–H and O–H groups in total. The average Bonchev–Trinajstić information content (AvgIpc) is 2.97. The topological polar surface area (TPSA) is 77.8 Å². The van der Waals surface area contributed by atoms with Crippen LogP contribution in [0.1, 0.15) is 41.9 Å². The van der Waals surface area contributed by atoms with Crippen LogP contribution >= 0.6 is 0 Å². The van der Waals surface area contributed by atoms with Gasteiger partial charge in [0.2, 0.25) is 0 Å². The normalized spacial score (nSPS) is 12.6. The second kappa shape index (κ2) is 9.13. The minimum atomic E-state index is -4.88. The van der Waals surface area contributed by atoms with E-state index in [9.17, 15) is 32.3 Å². The Hall–Kier alpha value is -3.56. The van der Waals surface area contributed by atoms with Crippen molar-refractivity contribution in [2.45, 2.75) is 46.1 Å². The molecule has 0 aliphatic carbocycles. The maximum atomic E-state index is 14.1. The lowest BCUT2D eigenvalue weighted by atomic mass is 10.1. The van der Waals surface area contributed by atoms with Crippen molar-refractivity contribution in [1.82, 2.24) is 4.57 Å². The standard InChI is InChI=1S/C23H21F4NO5/c1-4-12(2)32-21(30)10-16-13(3)28(19-11-18(24)20(29)9-17(16)19)22(31)14-5-7-15(8-6-14)33-23(25,26)27/h5-9,11-12,29H,4,10H2,1-3H3/t12-/m1/s1. The van der Waals surface area contributed by atoms with Gasteiger partial charge in [-0.25, -0.2) is 4.39 Å². The Bertz CT molecular complexity index is 1200. The number of nitrogens with zero attached hydrogens (tertiary/aromatic N) is 1. The first-order chi connectivity index (χ1) is 15.4. The fraction of sp³-hybridized carbons (Fsp3) is 0.304. The van der Waals surface area contributed by atoms with E-state index in [0.717, 1.165) is 41.0 Å². The summed E-state index contributed by atoms with van der Waals surface area (Å²) < 4.78 is 61.5. The first kappa shape index (κ1) is 24.1. The highest BCUT2D eigenvalue weighted by Gasteiger charge is 2.31. The smallest absolute Gasteiger partial charge is 0.505 e. The molecule has 0 saturated carbocycles. The zero-order valence-electron chi connectivity index (χ0n) is 18.0. The van der Waals surface area contributed by atoms with E-state index in [1.807, 2.05) is 6.92 Å². The third-order valence-electron chi connectivity index (χ3n) is 5.17. The number of alkyl halides is 3. The monoisotopic (exact) mass is 467 g/mol. The second-order valence-electron chi connectivity index (χ2n) is 7.48. The molecule has 0 bridgehead atoms. The van der Waals surface area contributed by atoms with Gasteiger partial charge in [0.15, 0.2) is 11.6 Å². The zero-order chi connectivity index (χ0) is 24.5. The summed E-state index contributed by atoms with van der Waals surface area (Å²) in [4.78, 5) is 25.6. The molecule has 33 heavy (non-hydrogen) atoms. The van der Waals surface area contributed by atoms with E-state index in [1.54, 1.807) is 13.8 Å². The lowest BCUT2D eigenvalue weighted by molar-refractivity contribution is -0.274. The van der Waals surface area contributed by atoms with Gasteiger partial charge in [0.05, 0.1) is 18.0 Å². The number of hydrogen-bond acceptors (Lipinski definition) is 5. The van der Waals surface area contributed by atoms with Gasteiger partial charge in [0, 0.05) is 22.7 Å². The second-order valence-corrected chi connectivity index (χ2v) is 7.48. The van der Waals surface area contributed by atoms with E-state index in [4.69, 9.17) is 4.74 Å². The van der Waals surface area contributed by atoms with Gasteiger partial charge in [-0.3, -0.25) is 14.2 Å². The molecule has 6 nitrogen and oxygen atoms in total. The number of carbonyl (C=O) groups excluding carboxylic acids is 2. The summed E-state index contributed by atoms with van der Waals surface area (Å²) in [7, 11) is 0. The molecule has 3 aromatic rings. The van der Waals surface area contributed by atoms with Crippen molar-refractivity contribution < 1.29 is 41.7 Å². The number of ether oxygens (including phenoxy) is 2. The molecule has 0 aliphatic heterocycles. The molecule has 0 spiro atoms. The number of benzene rings is 2. The molecule has 1 heterocycles. The number of phenols is 1. The molecule has 10 heteroatoms. The number of phenolic OH excluding ortho intramolecular Hbond substituents is 1. The van der Waals surface area contributed by atoms with Crippen LogP contribution in [-0.4, -0.2) is 34.0 Å². The summed E-state index contributed by atoms with van der Waals surface area (Å²) in [6, 6.07) is 6.33. The number of fused-ring (bicyclic) bond motifs is 1. The molecular formula is C23H21F4NO5. The van der Waals surface area contributed by atoms with Crippen molar-refractivity contribution in [3.05, 3.63) is 59.0 Å². The van der Waals surface area contributed by atoms with Crippen molar-refractivity contribution in [3.8, 4) is 11.5 Å². The van der Waals surface area contributed by atoms with Crippen LogP contribution in [0.3, 0.4) is 0 Å². The van der Waals surface area contributed by atoms with Crippen LogP contribution in [0, 0.1) is 12.7 Å². The number of rotatable bonds is 6. The molecule has 0 fully saturated rings. The molecular weight excluding hydrogens is 446 g/mol. The van der Waals surface area contributed by atoms with E-state index >= 15 is 0 Å². The van der Waals surface area contributed by atoms with Gasteiger partial charge in [-0.2, -0.15) is 0 Å². The van der Waals surface area contributed by atoms with Crippen LogP contribution in [0.2, 0.25) is 0 Å². The maximum absolute atomic E-state index is 14.1. The van der Waals surface area contributed by atoms with E-state index in [-0.39, 0.29) is 29.0 Å². The predicted octanol–water partition coefficient (Wildman–Crippen LogP) is 5.27. The fourth-order valence-electron chi connectivity index (χ4n) is 3.40. The molecule has 2 aromatic carbocycles. The Labute approximate surface area is 186 Å². The van der Waals surface area contributed by atoms with Crippen LogP contribution in [0.4, 0.5) is 17.6 Å². The van der Waals surface area contributed by atoms with Gasteiger partial charge in [-0.1, -0.05) is 6.92 Å². The minimum absolute atomic E-state index is 0.00624. The molecule has 3 rings (SSSR count). The number of esters is 1. The molecule has 0 amide bonds. The van der Waals surface area contributed by atoms with E-state index < -0.39 is 35.6 Å². The van der Waals surface area contributed by atoms with Crippen LogP contribution in [0.15, 0.2) is 36.4 Å². The van der Waals surface area contributed by atoms with Gasteiger partial charge in [-0.15, -0.1) is 13.2 Å². The summed E-state index contributed by atoms with van der Waals surface area (Å²) in [5.41, 5.74) is 0.761. The number of halogens is 4. The fourth-order valence-corrected chi connectivity index (χ4v) is 3.40. The van der Waals surface area contributed by atoms with Crippen molar-refractivity contribution >= 4 is 22.8 Å². The van der Waals surface area contributed by atoms with Gasteiger partial charge < -0.3 is 14.6 Å². The molecule has 1 atom stereocenters. The van der Waals surface area contributed by atoms with Crippen LogP contribution in [0.5, 0.6) is 11.5 Å². The van der Waals surface area contributed by atoms with Crippen LogP contribution < -0.4 is 4.74 Å². The summed E-state index contributed by atoms with van der Waals surface area (Å²) in [6.45, 7) is 5.12. The molecule has 0 aliphatic rings.